The Morgan fingerprint density at radius 2 is 2.19 bits per heavy atom. The molecule has 0 spiro atoms. The molecule has 1 aromatic carbocycles. The van der Waals surface area contributed by atoms with Gasteiger partial charge in [0.15, 0.2) is 0 Å². The van der Waals surface area contributed by atoms with Crippen LogP contribution >= 0.6 is 11.8 Å². The average Bonchev–Trinajstić information content (AvgIpc) is 2.82. The number of hydrogen-bond acceptors (Lipinski definition) is 5. The second-order valence-electron chi connectivity index (χ2n) is 5.36. The molecule has 7 heteroatoms. The van der Waals surface area contributed by atoms with Gasteiger partial charge in [0.05, 0.1) is 15.4 Å². The van der Waals surface area contributed by atoms with E-state index in [9.17, 15) is 14.9 Å². The number of benzene rings is 1. The van der Waals surface area contributed by atoms with Gasteiger partial charge < -0.3 is 11.5 Å². The molecule has 1 amide bonds. The van der Waals surface area contributed by atoms with E-state index in [1.54, 1.807) is 18.2 Å². The maximum absolute atomic E-state index is 11.5. The third-order valence-electron chi connectivity index (χ3n) is 4.12. The normalized spacial score (nSPS) is 24.9. The van der Waals surface area contributed by atoms with Gasteiger partial charge in [-0.3, -0.25) is 14.9 Å². The molecule has 1 aliphatic carbocycles. The summed E-state index contributed by atoms with van der Waals surface area (Å²) in [6.45, 7) is 0. The molecule has 0 saturated heterocycles. The quantitative estimate of drug-likeness (QED) is 0.474. The lowest BCUT2D eigenvalue weighted by Gasteiger charge is -2.27. The number of nitrogens with zero attached hydrogens (tertiary/aromatic N) is 1. The molecule has 0 aromatic heterocycles. The van der Waals surface area contributed by atoms with Crippen LogP contribution in [0.2, 0.25) is 0 Å². The van der Waals surface area contributed by atoms with Crippen LogP contribution in [-0.4, -0.2) is 22.1 Å². The Balaban J connectivity index is 1.96. The summed E-state index contributed by atoms with van der Waals surface area (Å²) in [5, 5.41) is 10.9. The fourth-order valence-electron chi connectivity index (χ4n) is 2.87. The first-order valence-electron chi connectivity index (χ1n) is 6.90. The zero-order valence-electron chi connectivity index (χ0n) is 11.7. The van der Waals surface area contributed by atoms with Crippen LogP contribution < -0.4 is 11.5 Å². The van der Waals surface area contributed by atoms with E-state index < -0.39 is 11.4 Å². The number of nitrogens with two attached hydrogens (primary N) is 2. The molecule has 1 aliphatic rings. The van der Waals surface area contributed by atoms with Gasteiger partial charge in [0.2, 0.25) is 5.91 Å². The number of carbonyl (C=O) groups excluding carboxylic acids is 1. The molecule has 114 valence electrons. The van der Waals surface area contributed by atoms with Crippen LogP contribution in [0.3, 0.4) is 0 Å². The molecule has 4 N–H and O–H groups in total. The van der Waals surface area contributed by atoms with Crippen molar-refractivity contribution in [3.05, 3.63) is 34.4 Å². The van der Waals surface area contributed by atoms with Gasteiger partial charge in [-0.25, -0.2) is 0 Å². The maximum atomic E-state index is 11.5. The van der Waals surface area contributed by atoms with Crippen LogP contribution in [0.15, 0.2) is 29.2 Å². The van der Waals surface area contributed by atoms with Gasteiger partial charge in [0.25, 0.3) is 5.69 Å². The molecule has 1 aromatic rings. The molecule has 1 fully saturated rings. The molecule has 0 bridgehead atoms. The van der Waals surface area contributed by atoms with Crippen LogP contribution in [0.1, 0.15) is 25.7 Å². The van der Waals surface area contributed by atoms with Crippen molar-refractivity contribution in [3.8, 4) is 0 Å². The second kappa shape index (κ2) is 6.44. The predicted molar refractivity (Wildman–Crippen MR) is 81.9 cm³/mol. The Hall–Kier alpha value is -1.60. The number of nitro groups is 1. The Morgan fingerprint density at radius 3 is 2.86 bits per heavy atom. The standard InChI is InChI=1S/C14H19N3O3S/c15-13(18)14(16)8-3-4-10(14)7-9-21-12-6-2-1-5-11(12)17(19)20/h1-2,5-6,10H,3-4,7-9,16H2,(H2,15,18). The largest absolute Gasteiger partial charge is 0.368 e. The van der Waals surface area contributed by atoms with Gasteiger partial charge in [0.1, 0.15) is 0 Å². The van der Waals surface area contributed by atoms with Crippen molar-refractivity contribution < 1.29 is 9.72 Å². The van der Waals surface area contributed by atoms with Gasteiger partial charge in [-0.15, -0.1) is 11.8 Å². The number of hydrogen-bond donors (Lipinski definition) is 2. The molecule has 2 unspecified atom stereocenters. The fourth-order valence-corrected chi connectivity index (χ4v) is 3.96. The van der Waals surface area contributed by atoms with Gasteiger partial charge in [-0.05, 0) is 37.0 Å². The lowest BCUT2D eigenvalue weighted by molar-refractivity contribution is -0.387. The maximum Gasteiger partial charge on any atom is 0.282 e. The molecule has 0 radical (unpaired) electrons. The molecule has 2 atom stereocenters. The zero-order chi connectivity index (χ0) is 15.5. The van der Waals surface area contributed by atoms with Crippen LogP contribution in [0.4, 0.5) is 5.69 Å². The fraction of sp³-hybridized carbons (Fsp3) is 0.500. The first-order valence-corrected chi connectivity index (χ1v) is 7.88. The van der Waals surface area contributed by atoms with Crippen molar-refractivity contribution in [2.45, 2.75) is 36.1 Å². The first-order chi connectivity index (χ1) is 9.95. The van der Waals surface area contributed by atoms with E-state index in [2.05, 4.69) is 0 Å². The summed E-state index contributed by atoms with van der Waals surface area (Å²) < 4.78 is 0. The number of thioether (sulfide) groups is 1. The van der Waals surface area contributed by atoms with Gasteiger partial charge >= 0.3 is 0 Å². The minimum absolute atomic E-state index is 0.0604. The summed E-state index contributed by atoms with van der Waals surface area (Å²) in [5.74, 6) is 0.299. The van der Waals surface area contributed by atoms with E-state index in [4.69, 9.17) is 11.5 Å². The number of para-hydroxylation sites is 1. The Labute approximate surface area is 127 Å². The van der Waals surface area contributed by atoms with E-state index in [1.165, 1.54) is 17.8 Å². The molecular weight excluding hydrogens is 290 g/mol. The van der Waals surface area contributed by atoms with Crippen LogP contribution in [0, 0.1) is 16.0 Å². The van der Waals surface area contributed by atoms with Gasteiger partial charge in [-0.1, -0.05) is 18.6 Å². The summed E-state index contributed by atoms with van der Waals surface area (Å²) in [6.07, 6.45) is 3.15. The van der Waals surface area contributed by atoms with Crippen molar-refractivity contribution in [2.75, 3.05) is 5.75 Å². The second-order valence-corrected chi connectivity index (χ2v) is 6.49. The van der Waals surface area contributed by atoms with E-state index in [0.29, 0.717) is 17.1 Å². The molecule has 2 rings (SSSR count). The SMILES string of the molecule is NC(=O)C1(N)CCCC1CCSc1ccccc1[N+](=O)[O-]. The lowest BCUT2D eigenvalue weighted by atomic mass is 9.85. The van der Waals surface area contributed by atoms with Crippen molar-refractivity contribution in [1.82, 2.24) is 0 Å². The zero-order valence-corrected chi connectivity index (χ0v) is 12.5. The Morgan fingerprint density at radius 1 is 1.48 bits per heavy atom. The molecule has 1 saturated carbocycles. The highest BCUT2D eigenvalue weighted by Gasteiger charge is 2.43. The van der Waals surface area contributed by atoms with Crippen LogP contribution in [-0.2, 0) is 4.79 Å². The highest BCUT2D eigenvalue weighted by atomic mass is 32.2. The molecule has 0 aliphatic heterocycles. The Bertz CT molecular complexity index is 552. The monoisotopic (exact) mass is 309 g/mol. The summed E-state index contributed by atoms with van der Waals surface area (Å²) in [6, 6.07) is 6.66. The van der Waals surface area contributed by atoms with E-state index >= 15 is 0 Å². The van der Waals surface area contributed by atoms with E-state index in [1.807, 2.05) is 0 Å². The van der Waals surface area contributed by atoms with Crippen molar-refractivity contribution in [1.29, 1.82) is 0 Å². The predicted octanol–water partition coefficient (Wildman–Crippen LogP) is 2.06. The number of rotatable bonds is 6. The number of carbonyl (C=O) groups is 1. The first kappa shape index (κ1) is 15.8. The summed E-state index contributed by atoms with van der Waals surface area (Å²) in [5.41, 5.74) is 10.7. The molecule has 21 heavy (non-hydrogen) atoms. The minimum atomic E-state index is -0.914. The molecule has 6 nitrogen and oxygen atoms in total. The average molecular weight is 309 g/mol. The lowest BCUT2D eigenvalue weighted by Crippen LogP contribution is -2.54. The van der Waals surface area contributed by atoms with Gasteiger partial charge in [-0.2, -0.15) is 0 Å². The number of primary amides is 1. The highest BCUT2D eigenvalue weighted by molar-refractivity contribution is 7.99. The van der Waals surface area contributed by atoms with Crippen LogP contribution in [0.5, 0.6) is 0 Å². The van der Waals surface area contributed by atoms with E-state index in [0.717, 1.165) is 19.3 Å². The van der Waals surface area contributed by atoms with Crippen LogP contribution in [0.25, 0.3) is 0 Å². The van der Waals surface area contributed by atoms with Gasteiger partial charge in [0, 0.05) is 6.07 Å². The van der Waals surface area contributed by atoms with Crippen molar-refractivity contribution in [2.24, 2.45) is 17.4 Å². The number of amides is 1. The number of nitro benzene ring substituents is 1. The third kappa shape index (κ3) is 3.36. The summed E-state index contributed by atoms with van der Waals surface area (Å²) in [4.78, 5) is 22.7. The smallest absolute Gasteiger partial charge is 0.282 e. The minimum Gasteiger partial charge on any atom is -0.368 e. The molecule has 0 heterocycles. The Kier molecular flexibility index (Phi) is 4.84. The molecular formula is C14H19N3O3S. The third-order valence-corrected chi connectivity index (χ3v) is 5.21. The highest BCUT2D eigenvalue weighted by Crippen LogP contribution is 2.38. The topological polar surface area (TPSA) is 112 Å². The van der Waals surface area contributed by atoms with E-state index in [-0.39, 0.29) is 16.5 Å². The van der Waals surface area contributed by atoms with Crippen molar-refractivity contribution in [3.63, 3.8) is 0 Å². The van der Waals surface area contributed by atoms with Crippen molar-refractivity contribution >= 4 is 23.4 Å². The summed E-state index contributed by atoms with van der Waals surface area (Å²) in [7, 11) is 0. The summed E-state index contributed by atoms with van der Waals surface area (Å²) >= 11 is 1.43.